The molecule has 1 aliphatic rings. The highest BCUT2D eigenvalue weighted by atomic mass is 19.1. The third-order valence-corrected chi connectivity index (χ3v) is 6.05. The van der Waals surface area contributed by atoms with E-state index >= 15 is 0 Å². The molecule has 1 fully saturated rings. The first-order valence-electron chi connectivity index (χ1n) is 11.6. The van der Waals surface area contributed by atoms with Crippen LogP contribution in [0.3, 0.4) is 0 Å². The minimum Gasteiger partial charge on any atom is -0.486 e. The van der Waals surface area contributed by atoms with Crippen molar-refractivity contribution in [2.24, 2.45) is 5.92 Å². The quantitative estimate of drug-likeness (QED) is 0.639. The van der Waals surface area contributed by atoms with E-state index in [0.29, 0.717) is 30.9 Å². The molecule has 0 spiro atoms. The van der Waals surface area contributed by atoms with Gasteiger partial charge in [-0.2, -0.15) is 0 Å². The van der Waals surface area contributed by atoms with E-state index in [4.69, 9.17) is 9.47 Å². The van der Waals surface area contributed by atoms with Crippen LogP contribution in [0.5, 0.6) is 11.5 Å². The topological polar surface area (TPSA) is 59.0 Å². The van der Waals surface area contributed by atoms with Crippen LogP contribution in [0.2, 0.25) is 0 Å². The van der Waals surface area contributed by atoms with Gasteiger partial charge in [0.15, 0.2) is 6.61 Å². The lowest BCUT2D eigenvalue weighted by atomic mass is 9.81. The number of para-hydroxylation sites is 1. The Kier molecular flexibility index (Phi) is 7.68. The third-order valence-electron chi connectivity index (χ3n) is 6.05. The Bertz CT molecular complexity index is 938. The van der Waals surface area contributed by atoms with Crippen LogP contribution in [0.25, 0.3) is 0 Å². The van der Waals surface area contributed by atoms with Crippen molar-refractivity contribution in [2.75, 3.05) is 19.7 Å². The van der Waals surface area contributed by atoms with Gasteiger partial charge in [0.2, 0.25) is 0 Å². The molecule has 1 aliphatic heterocycles. The minimum absolute atomic E-state index is 0.0844. The number of amides is 1. The number of benzene rings is 2. The highest BCUT2D eigenvalue weighted by molar-refractivity contribution is 5.78. The summed E-state index contributed by atoms with van der Waals surface area (Å²) in [6.07, 6.45) is 0.336. The van der Waals surface area contributed by atoms with E-state index in [1.807, 2.05) is 38.1 Å². The van der Waals surface area contributed by atoms with Gasteiger partial charge in [0.05, 0.1) is 6.54 Å². The van der Waals surface area contributed by atoms with Crippen LogP contribution in [-0.2, 0) is 10.2 Å². The number of aliphatic hydroxyl groups is 1. The molecule has 1 N–H and O–H groups in total. The SMILES string of the molecule is CC(C)C[C@]1(O)CCN(C(=O)COc2ccccc2C(C)(C)C)C[C@@H]1Oc1ccc(F)cc1. The molecule has 1 heterocycles. The monoisotopic (exact) mass is 457 g/mol. The van der Waals surface area contributed by atoms with E-state index in [2.05, 4.69) is 20.8 Å². The summed E-state index contributed by atoms with van der Waals surface area (Å²) in [6.45, 7) is 11.0. The third kappa shape index (κ3) is 6.47. The van der Waals surface area contributed by atoms with E-state index < -0.39 is 11.7 Å². The van der Waals surface area contributed by atoms with Gasteiger partial charge >= 0.3 is 0 Å². The summed E-state index contributed by atoms with van der Waals surface area (Å²) in [5.41, 5.74) is -0.133. The molecule has 0 bridgehead atoms. The number of halogens is 1. The lowest BCUT2D eigenvalue weighted by molar-refractivity contribution is -0.150. The first-order valence-corrected chi connectivity index (χ1v) is 11.6. The summed E-state index contributed by atoms with van der Waals surface area (Å²) in [4.78, 5) is 14.7. The summed E-state index contributed by atoms with van der Waals surface area (Å²) >= 11 is 0. The van der Waals surface area contributed by atoms with Gasteiger partial charge in [0.1, 0.15) is 29.0 Å². The normalized spacial score (nSPS) is 21.2. The minimum atomic E-state index is -1.07. The van der Waals surface area contributed by atoms with E-state index in [0.717, 1.165) is 5.56 Å². The predicted molar refractivity (Wildman–Crippen MR) is 127 cm³/mol. The molecule has 2 aromatic carbocycles. The van der Waals surface area contributed by atoms with Crippen molar-refractivity contribution < 1.29 is 23.8 Å². The van der Waals surface area contributed by atoms with Crippen molar-refractivity contribution >= 4 is 5.91 Å². The number of hydrogen-bond donors (Lipinski definition) is 1. The van der Waals surface area contributed by atoms with E-state index in [-0.39, 0.29) is 36.2 Å². The van der Waals surface area contributed by atoms with Crippen LogP contribution in [0.1, 0.15) is 53.0 Å². The lowest BCUT2D eigenvalue weighted by Gasteiger charge is -2.45. The van der Waals surface area contributed by atoms with Gasteiger partial charge in [-0.15, -0.1) is 0 Å². The maximum atomic E-state index is 13.3. The molecular formula is C27H36FNO4. The predicted octanol–water partition coefficient (Wildman–Crippen LogP) is 4.96. The first kappa shape index (κ1) is 25.0. The Morgan fingerprint density at radius 2 is 1.85 bits per heavy atom. The molecular weight excluding hydrogens is 421 g/mol. The van der Waals surface area contributed by atoms with E-state index in [9.17, 15) is 14.3 Å². The maximum Gasteiger partial charge on any atom is 0.260 e. The second-order valence-electron chi connectivity index (χ2n) is 10.4. The summed E-state index contributed by atoms with van der Waals surface area (Å²) in [7, 11) is 0. The van der Waals surface area contributed by atoms with Gasteiger partial charge < -0.3 is 19.5 Å². The van der Waals surface area contributed by atoms with Gasteiger partial charge in [-0.3, -0.25) is 4.79 Å². The molecule has 33 heavy (non-hydrogen) atoms. The van der Waals surface area contributed by atoms with Crippen molar-refractivity contribution in [2.45, 2.75) is 64.6 Å². The fourth-order valence-electron chi connectivity index (χ4n) is 4.39. The largest absolute Gasteiger partial charge is 0.486 e. The Morgan fingerprint density at radius 3 is 2.48 bits per heavy atom. The van der Waals surface area contributed by atoms with Gasteiger partial charge in [-0.05, 0) is 60.1 Å². The molecule has 0 saturated carbocycles. The van der Waals surface area contributed by atoms with Crippen molar-refractivity contribution in [1.82, 2.24) is 4.90 Å². The van der Waals surface area contributed by atoms with Crippen LogP contribution < -0.4 is 9.47 Å². The average molecular weight is 458 g/mol. The molecule has 0 aromatic heterocycles. The Hall–Kier alpha value is -2.60. The van der Waals surface area contributed by atoms with Crippen LogP contribution in [0, 0.1) is 11.7 Å². The van der Waals surface area contributed by atoms with Gasteiger partial charge in [-0.1, -0.05) is 52.8 Å². The second-order valence-corrected chi connectivity index (χ2v) is 10.4. The molecule has 1 saturated heterocycles. The zero-order valence-corrected chi connectivity index (χ0v) is 20.3. The summed E-state index contributed by atoms with van der Waals surface area (Å²) in [6, 6.07) is 13.5. The zero-order chi connectivity index (χ0) is 24.2. The number of likely N-dealkylation sites (tertiary alicyclic amines) is 1. The molecule has 6 heteroatoms. The summed E-state index contributed by atoms with van der Waals surface area (Å²) in [5, 5.41) is 11.4. The van der Waals surface area contributed by atoms with Crippen LogP contribution >= 0.6 is 0 Å². The number of carbonyl (C=O) groups excluding carboxylic acids is 1. The van der Waals surface area contributed by atoms with Gasteiger partial charge in [0.25, 0.3) is 5.91 Å². The number of hydrogen-bond acceptors (Lipinski definition) is 4. The standard InChI is InChI=1S/C27H36FNO4/c1-19(2)16-27(31)14-15-29(17-24(27)33-21-12-10-20(28)11-13-21)25(30)18-32-23-9-7-6-8-22(23)26(3,4)5/h6-13,19,24,31H,14-18H2,1-5H3/t24-,27+/m0/s1. The number of rotatable bonds is 7. The van der Waals surface area contributed by atoms with Crippen molar-refractivity contribution in [3.8, 4) is 11.5 Å². The van der Waals surface area contributed by atoms with Crippen LogP contribution in [0.4, 0.5) is 4.39 Å². The summed E-state index contributed by atoms with van der Waals surface area (Å²) in [5.74, 6) is 0.916. The zero-order valence-electron chi connectivity index (χ0n) is 20.3. The molecule has 3 rings (SSSR count). The van der Waals surface area contributed by atoms with Crippen LogP contribution in [0.15, 0.2) is 48.5 Å². The fraction of sp³-hybridized carbons (Fsp3) is 0.519. The molecule has 2 atom stereocenters. The Labute approximate surface area is 196 Å². The molecule has 180 valence electrons. The Morgan fingerprint density at radius 1 is 1.18 bits per heavy atom. The highest BCUT2D eigenvalue weighted by Gasteiger charge is 2.44. The molecule has 5 nitrogen and oxygen atoms in total. The molecule has 0 unspecified atom stereocenters. The average Bonchev–Trinajstić information content (AvgIpc) is 2.74. The maximum absolute atomic E-state index is 13.3. The highest BCUT2D eigenvalue weighted by Crippen LogP contribution is 2.33. The van der Waals surface area contributed by atoms with Crippen LogP contribution in [-0.4, -0.2) is 47.3 Å². The lowest BCUT2D eigenvalue weighted by Crippen LogP contribution is -2.60. The number of nitrogens with zero attached hydrogens (tertiary/aromatic N) is 1. The van der Waals surface area contributed by atoms with E-state index in [1.165, 1.54) is 12.1 Å². The molecule has 2 aromatic rings. The Balaban J connectivity index is 1.71. The van der Waals surface area contributed by atoms with Crippen molar-refractivity contribution in [3.63, 3.8) is 0 Å². The number of piperidine rings is 1. The van der Waals surface area contributed by atoms with Gasteiger partial charge in [-0.25, -0.2) is 4.39 Å². The molecule has 0 radical (unpaired) electrons. The number of carbonyl (C=O) groups is 1. The molecule has 0 aliphatic carbocycles. The molecule has 1 amide bonds. The number of ether oxygens (including phenoxy) is 2. The second kappa shape index (κ2) is 10.1. The smallest absolute Gasteiger partial charge is 0.260 e. The van der Waals surface area contributed by atoms with E-state index in [1.54, 1.807) is 17.0 Å². The van der Waals surface area contributed by atoms with Gasteiger partial charge in [0, 0.05) is 6.54 Å². The first-order chi connectivity index (χ1) is 15.5. The summed E-state index contributed by atoms with van der Waals surface area (Å²) < 4.78 is 25.3. The van der Waals surface area contributed by atoms with Crippen molar-refractivity contribution in [1.29, 1.82) is 0 Å². The fourth-order valence-corrected chi connectivity index (χ4v) is 4.39. The van der Waals surface area contributed by atoms with Crippen molar-refractivity contribution in [3.05, 3.63) is 59.9 Å².